The zero-order valence-electron chi connectivity index (χ0n) is 11.6. The smallest absolute Gasteiger partial charge is 0.0249 e. The van der Waals surface area contributed by atoms with Crippen molar-refractivity contribution in [3.8, 4) is 0 Å². The summed E-state index contributed by atoms with van der Waals surface area (Å²) >= 11 is 0. The van der Waals surface area contributed by atoms with Crippen molar-refractivity contribution in [2.75, 3.05) is 19.6 Å². The maximum atomic E-state index is 3.87. The lowest BCUT2D eigenvalue weighted by Gasteiger charge is -2.42. The molecule has 0 amide bonds. The fourth-order valence-corrected chi connectivity index (χ4v) is 4.35. The summed E-state index contributed by atoms with van der Waals surface area (Å²) in [6.07, 6.45) is 12.0. The minimum Gasteiger partial charge on any atom is -0.311 e. The average molecular weight is 248 g/mol. The van der Waals surface area contributed by atoms with Gasteiger partial charge in [0.15, 0.2) is 0 Å². The second-order valence-corrected chi connectivity index (χ2v) is 7.36. The quantitative estimate of drug-likeness (QED) is 0.823. The molecule has 4 rings (SSSR count). The number of piperazine rings is 1. The summed E-state index contributed by atoms with van der Waals surface area (Å²) in [5.41, 5.74) is 0. The van der Waals surface area contributed by atoms with E-state index in [1.165, 1.54) is 71.0 Å². The highest BCUT2D eigenvalue weighted by Gasteiger charge is 2.42. The van der Waals surface area contributed by atoms with Gasteiger partial charge in [0.25, 0.3) is 0 Å². The Morgan fingerprint density at radius 1 is 0.889 bits per heavy atom. The van der Waals surface area contributed by atoms with Crippen LogP contribution < -0.4 is 5.32 Å². The van der Waals surface area contributed by atoms with Crippen molar-refractivity contribution in [3.05, 3.63) is 0 Å². The second kappa shape index (κ2) is 4.79. The molecule has 0 spiro atoms. The topological polar surface area (TPSA) is 15.3 Å². The van der Waals surface area contributed by atoms with Gasteiger partial charge in [0.05, 0.1) is 0 Å². The highest BCUT2D eigenvalue weighted by Crippen LogP contribution is 2.40. The Bertz CT molecular complexity index is 287. The molecule has 2 heteroatoms. The molecule has 0 aromatic heterocycles. The van der Waals surface area contributed by atoms with Gasteiger partial charge in [-0.3, -0.25) is 4.90 Å². The van der Waals surface area contributed by atoms with Crippen LogP contribution in [0, 0.1) is 17.8 Å². The highest BCUT2D eigenvalue weighted by atomic mass is 15.2. The van der Waals surface area contributed by atoms with Gasteiger partial charge in [-0.1, -0.05) is 12.8 Å². The van der Waals surface area contributed by atoms with E-state index in [1.807, 2.05) is 0 Å². The SMILES string of the molecule is C1CCC(CN2CC(C3CC3)NCC2C2CC2)C1. The molecule has 1 aliphatic heterocycles. The Balaban J connectivity index is 1.40. The summed E-state index contributed by atoms with van der Waals surface area (Å²) < 4.78 is 0. The number of nitrogens with one attached hydrogen (secondary N) is 1. The molecule has 3 saturated carbocycles. The van der Waals surface area contributed by atoms with Crippen molar-refractivity contribution in [2.24, 2.45) is 17.8 Å². The molecule has 3 aliphatic carbocycles. The Morgan fingerprint density at radius 2 is 1.61 bits per heavy atom. The second-order valence-electron chi connectivity index (χ2n) is 7.36. The van der Waals surface area contributed by atoms with E-state index in [0.29, 0.717) is 0 Å². The normalized spacial score (nSPS) is 39.3. The predicted molar refractivity (Wildman–Crippen MR) is 74.6 cm³/mol. The Kier molecular flexibility index (Phi) is 3.12. The first-order chi connectivity index (χ1) is 8.90. The monoisotopic (exact) mass is 248 g/mol. The molecule has 0 radical (unpaired) electrons. The van der Waals surface area contributed by atoms with Crippen molar-refractivity contribution in [3.63, 3.8) is 0 Å². The molecule has 2 unspecified atom stereocenters. The minimum atomic E-state index is 0.835. The van der Waals surface area contributed by atoms with Crippen molar-refractivity contribution < 1.29 is 0 Å². The Labute approximate surface area is 111 Å². The Morgan fingerprint density at radius 3 is 2.28 bits per heavy atom. The van der Waals surface area contributed by atoms with Crippen molar-refractivity contribution in [1.82, 2.24) is 10.2 Å². The lowest BCUT2D eigenvalue weighted by atomic mass is 9.99. The van der Waals surface area contributed by atoms with E-state index in [1.54, 1.807) is 0 Å². The molecule has 1 N–H and O–H groups in total. The standard InChI is InChI=1S/C16H28N2/c1-2-4-12(3-1)10-18-11-15(13-5-6-13)17-9-16(18)14-7-8-14/h12-17H,1-11H2. The average Bonchev–Trinajstić information content (AvgIpc) is 3.29. The van der Waals surface area contributed by atoms with E-state index in [2.05, 4.69) is 10.2 Å². The molecule has 0 aromatic rings. The molecule has 2 nitrogen and oxygen atoms in total. The third kappa shape index (κ3) is 2.46. The van der Waals surface area contributed by atoms with Crippen molar-refractivity contribution >= 4 is 0 Å². The fraction of sp³-hybridized carbons (Fsp3) is 1.00. The zero-order valence-corrected chi connectivity index (χ0v) is 11.6. The van der Waals surface area contributed by atoms with Gasteiger partial charge in [-0.2, -0.15) is 0 Å². The van der Waals surface area contributed by atoms with Crippen LogP contribution >= 0.6 is 0 Å². The van der Waals surface area contributed by atoms with Crippen LogP contribution in [0.1, 0.15) is 51.4 Å². The first kappa shape index (κ1) is 11.7. The van der Waals surface area contributed by atoms with E-state index in [-0.39, 0.29) is 0 Å². The molecule has 4 aliphatic rings. The molecule has 18 heavy (non-hydrogen) atoms. The van der Waals surface area contributed by atoms with Gasteiger partial charge in [0.2, 0.25) is 0 Å². The summed E-state index contributed by atoms with van der Waals surface area (Å²) in [6.45, 7) is 4.08. The van der Waals surface area contributed by atoms with E-state index < -0.39 is 0 Å². The summed E-state index contributed by atoms with van der Waals surface area (Å²) in [5.74, 6) is 3.10. The lowest BCUT2D eigenvalue weighted by Crippen LogP contribution is -2.58. The van der Waals surface area contributed by atoms with Gasteiger partial charge < -0.3 is 5.32 Å². The molecule has 0 bridgehead atoms. The van der Waals surface area contributed by atoms with Gasteiger partial charge in [0, 0.05) is 31.7 Å². The van der Waals surface area contributed by atoms with Gasteiger partial charge >= 0.3 is 0 Å². The van der Waals surface area contributed by atoms with E-state index in [4.69, 9.17) is 0 Å². The number of hydrogen-bond acceptors (Lipinski definition) is 2. The number of hydrogen-bond donors (Lipinski definition) is 1. The van der Waals surface area contributed by atoms with Crippen LogP contribution in [0.3, 0.4) is 0 Å². The molecule has 4 fully saturated rings. The molecule has 2 atom stereocenters. The van der Waals surface area contributed by atoms with Crippen LogP contribution in [-0.4, -0.2) is 36.6 Å². The highest BCUT2D eigenvalue weighted by molar-refractivity contribution is 4.99. The number of nitrogens with zero attached hydrogens (tertiary/aromatic N) is 1. The van der Waals surface area contributed by atoms with Gasteiger partial charge in [-0.05, 0) is 56.3 Å². The zero-order chi connectivity index (χ0) is 11.9. The summed E-state index contributed by atoms with van der Waals surface area (Å²) in [6, 6.07) is 1.72. The van der Waals surface area contributed by atoms with Crippen molar-refractivity contribution in [1.29, 1.82) is 0 Å². The van der Waals surface area contributed by atoms with E-state index in [9.17, 15) is 0 Å². The van der Waals surface area contributed by atoms with Crippen LogP contribution in [-0.2, 0) is 0 Å². The predicted octanol–water partition coefficient (Wildman–Crippen LogP) is 2.64. The van der Waals surface area contributed by atoms with Crippen molar-refractivity contribution in [2.45, 2.75) is 63.5 Å². The van der Waals surface area contributed by atoms with Gasteiger partial charge in [-0.25, -0.2) is 0 Å². The van der Waals surface area contributed by atoms with Crippen LogP contribution in [0.2, 0.25) is 0 Å². The van der Waals surface area contributed by atoms with Crippen LogP contribution in [0.5, 0.6) is 0 Å². The molecular formula is C16H28N2. The first-order valence-corrected chi connectivity index (χ1v) is 8.37. The van der Waals surface area contributed by atoms with Gasteiger partial charge in [0.1, 0.15) is 0 Å². The van der Waals surface area contributed by atoms with Gasteiger partial charge in [-0.15, -0.1) is 0 Å². The molecular weight excluding hydrogens is 220 g/mol. The minimum absolute atomic E-state index is 0.835. The third-order valence-corrected chi connectivity index (χ3v) is 5.81. The molecule has 1 saturated heterocycles. The van der Waals surface area contributed by atoms with E-state index >= 15 is 0 Å². The van der Waals surface area contributed by atoms with Crippen LogP contribution in [0.25, 0.3) is 0 Å². The number of rotatable bonds is 4. The van der Waals surface area contributed by atoms with Crippen LogP contribution in [0.4, 0.5) is 0 Å². The first-order valence-electron chi connectivity index (χ1n) is 8.37. The molecule has 1 heterocycles. The maximum absolute atomic E-state index is 3.87. The molecule has 0 aromatic carbocycles. The summed E-state index contributed by atoms with van der Waals surface area (Å²) in [4.78, 5) is 2.91. The third-order valence-electron chi connectivity index (χ3n) is 5.81. The Hall–Kier alpha value is -0.0800. The fourth-order valence-electron chi connectivity index (χ4n) is 4.35. The molecule has 102 valence electrons. The largest absolute Gasteiger partial charge is 0.311 e. The van der Waals surface area contributed by atoms with Crippen LogP contribution in [0.15, 0.2) is 0 Å². The lowest BCUT2D eigenvalue weighted by molar-refractivity contribution is 0.0907. The summed E-state index contributed by atoms with van der Waals surface area (Å²) in [7, 11) is 0. The summed E-state index contributed by atoms with van der Waals surface area (Å²) in [5, 5.41) is 3.87. The maximum Gasteiger partial charge on any atom is 0.0249 e. The van der Waals surface area contributed by atoms with E-state index in [0.717, 1.165) is 29.8 Å².